The number of carbonyl (C=O) groups excluding carboxylic acids is 2. The third-order valence-corrected chi connectivity index (χ3v) is 4.85. The van der Waals surface area contributed by atoms with E-state index in [1.807, 2.05) is 39.0 Å². The summed E-state index contributed by atoms with van der Waals surface area (Å²) in [5.41, 5.74) is 3.83. The standard InChI is InChI=1S/C20H23NO3/c1-4-12(2)24-20(23)19-13(3)18-16(21-19)10-15(11-17(18)22)14-8-6-5-7-9-14/h5-9,12,15,21H,4,10-11H2,1-3H3/t12-,15+/m0/s1. The lowest BCUT2D eigenvalue weighted by Crippen LogP contribution is -2.18. The summed E-state index contributed by atoms with van der Waals surface area (Å²) in [6.45, 7) is 5.66. The summed E-state index contributed by atoms with van der Waals surface area (Å²) in [5, 5.41) is 0. The maximum absolute atomic E-state index is 12.6. The molecule has 0 spiro atoms. The number of benzene rings is 1. The van der Waals surface area contributed by atoms with E-state index in [1.54, 1.807) is 0 Å². The zero-order valence-corrected chi connectivity index (χ0v) is 14.4. The topological polar surface area (TPSA) is 59.2 Å². The van der Waals surface area contributed by atoms with Crippen LogP contribution in [0, 0.1) is 6.92 Å². The van der Waals surface area contributed by atoms with Gasteiger partial charge >= 0.3 is 5.97 Å². The van der Waals surface area contributed by atoms with Gasteiger partial charge in [0.2, 0.25) is 0 Å². The Morgan fingerprint density at radius 3 is 2.67 bits per heavy atom. The van der Waals surface area contributed by atoms with Gasteiger partial charge in [-0.1, -0.05) is 37.3 Å². The monoisotopic (exact) mass is 325 g/mol. The summed E-state index contributed by atoms with van der Waals surface area (Å²) in [5.74, 6) is -0.121. The maximum Gasteiger partial charge on any atom is 0.355 e. The largest absolute Gasteiger partial charge is 0.458 e. The number of esters is 1. The van der Waals surface area contributed by atoms with E-state index in [4.69, 9.17) is 4.74 Å². The van der Waals surface area contributed by atoms with Crippen LogP contribution in [0.1, 0.15) is 70.3 Å². The lowest BCUT2D eigenvalue weighted by molar-refractivity contribution is 0.0327. The highest BCUT2D eigenvalue weighted by Gasteiger charge is 2.32. The molecule has 0 radical (unpaired) electrons. The summed E-state index contributed by atoms with van der Waals surface area (Å²) >= 11 is 0. The molecule has 2 atom stereocenters. The van der Waals surface area contributed by atoms with Crippen molar-refractivity contribution in [2.45, 2.75) is 52.1 Å². The van der Waals surface area contributed by atoms with E-state index in [2.05, 4.69) is 17.1 Å². The van der Waals surface area contributed by atoms with Gasteiger partial charge in [0, 0.05) is 17.7 Å². The molecule has 2 aromatic rings. The Kier molecular flexibility index (Phi) is 4.56. The van der Waals surface area contributed by atoms with E-state index in [-0.39, 0.29) is 23.8 Å². The number of hydrogen-bond donors (Lipinski definition) is 1. The first-order valence-corrected chi connectivity index (χ1v) is 8.51. The van der Waals surface area contributed by atoms with Crippen molar-refractivity contribution in [2.24, 2.45) is 0 Å². The fraction of sp³-hybridized carbons (Fsp3) is 0.400. The Bertz CT molecular complexity index is 761. The molecule has 3 rings (SSSR count). The van der Waals surface area contributed by atoms with Crippen molar-refractivity contribution in [3.05, 3.63) is 58.4 Å². The minimum atomic E-state index is -0.375. The summed E-state index contributed by atoms with van der Waals surface area (Å²) < 4.78 is 5.41. The van der Waals surface area contributed by atoms with Crippen molar-refractivity contribution in [1.29, 1.82) is 0 Å². The fourth-order valence-corrected chi connectivity index (χ4v) is 3.32. The lowest BCUT2D eigenvalue weighted by atomic mass is 9.81. The molecule has 0 unspecified atom stereocenters. The molecule has 126 valence electrons. The van der Waals surface area contributed by atoms with E-state index in [9.17, 15) is 9.59 Å². The predicted molar refractivity (Wildman–Crippen MR) is 92.5 cm³/mol. The quantitative estimate of drug-likeness (QED) is 0.857. The van der Waals surface area contributed by atoms with Gasteiger partial charge in [-0.15, -0.1) is 0 Å². The number of nitrogens with one attached hydrogen (secondary N) is 1. The molecule has 4 heteroatoms. The van der Waals surface area contributed by atoms with E-state index < -0.39 is 0 Å². The molecule has 0 saturated heterocycles. The second-order valence-electron chi connectivity index (χ2n) is 6.54. The van der Waals surface area contributed by atoms with Crippen LogP contribution in [-0.2, 0) is 11.2 Å². The number of H-pyrrole nitrogens is 1. The Balaban J connectivity index is 1.90. The van der Waals surface area contributed by atoms with E-state index in [0.717, 1.165) is 29.7 Å². The number of ether oxygens (including phenoxy) is 1. The molecule has 24 heavy (non-hydrogen) atoms. The SMILES string of the molecule is CC[C@H](C)OC(=O)c1[nH]c2c(c1C)C(=O)C[C@H](c1ccccc1)C2. The number of fused-ring (bicyclic) bond motifs is 1. The number of Topliss-reactive ketones (excluding diaryl/α,β-unsaturated/α-hetero) is 1. The normalized spacial score (nSPS) is 18.1. The number of aromatic nitrogens is 1. The van der Waals surface area contributed by atoms with Crippen molar-refractivity contribution in [3.63, 3.8) is 0 Å². The first-order valence-electron chi connectivity index (χ1n) is 8.51. The van der Waals surface area contributed by atoms with Gasteiger partial charge in [-0.05, 0) is 43.7 Å². The maximum atomic E-state index is 12.6. The Morgan fingerprint density at radius 2 is 2.00 bits per heavy atom. The zero-order chi connectivity index (χ0) is 17.3. The van der Waals surface area contributed by atoms with E-state index in [1.165, 1.54) is 0 Å². The number of ketones is 1. The van der Waals surface area contributed by atoms with Crippen LogP contribution in [0.4, 0.5) is 0 Å². The molecule has 1 aliphatic rings. The minimum absolute atomic E-state index is 0.0986. The molecule has 1 heterocycles. The molecular weight excluding hydrogens is 302 g/mol. The van der Waals surface area contributed by atoms with Crippen molar-refractivity contribution in [2.75, 3.05) is 0 Å². The highest BCUT2D eigenvalue weighted by molar-refractivity contribution is 6.03. The van der Waals surface area contributed by atoms with Crippen LogP contribution < -0.4 is 0 Å². The Labute approximate surface area is 142 Å². The van der Waals surface area contributed by atoms with Crippen LogP contribution in [0.5, 0.6) is 0 Å². The van der Waals surface area contributed by atoms with E-state index in [0.29, 0.717) is 17.7 Å². The lowest BCUT2D eigenvalue weighted by Gasteiger charge is -2.22. The first kappa shape index (κ1) is 16.5. The number of carbonyl (C=O) groups is 2. The second kappa shape index (κ2) is 6.63. The highest BCUT2D eigenvalue weighted by atomic mass is 16.5. The molecule has 1 N–H and O–H groups in total. The van der Waals surface area contributed by atoms with Crippen molar-refractivity contribution in [1.82, 2.24) is 4.98 Å². The molecule has 0 bridgehead atoms. The molecule has 1 aromatic heterocycles. The molecular formula is C20H23NO3. The zero-order valence-electron chi connectivity index (χ0n) is 14.4. The average Bonchev–Trinajstić information content (AvgIpc) is 2.93. The summed E-state index contributed by atoms with van der Waals surface area (Å²) in [6, 6.07) is 10.1. The molecule has 4 nitrogen and oxygen atoms in total. The first-order chi connectivity index (χ1) is 11.5. The molecule has 0 aliphatic heterocycles. The van der Waals surface area contributed by atoms with Gasteiger partial charge in [0.1, 0.15) is 5.69 Å². The van der Waals surface area contributed by atoms with Gasteiger partial charge in [0.25, 0.3) is 0 Å². The second-order valence-corrected chi connectivity index (χ2v) is 6.54. The molecule has 0 saturated carbocycles. The van der Waals surface area contributed by atoms with Gasteiger partial charge in [-0.3, -0.25) is 4.79 Å². The van der Waals surface area contributed by atoms with Gasteiger partial charge in [0.15, 0.2) is 5.78 Å². The molecule has 0 amide bonds. The van der Waals surface area contributed by atoms with Crippen LogP contribution >= 0.6 is 0 Å². The van der Waals surface area contributed by atoms with Gasteiger partial charge in [-0.25, -0.2) is 4.79 Å². The average molecular weight is 325 g/mol. The van der Waals surface area contributed by atoms with Gasteiger partial charge in [-0.2, -0.15) is 0 Å². The minimum Gasteiger partial charge on any atom is -0.458 e. The van der Waals surface area contributed by atoms with Gasteiger partial charge in [0.05, 0.1) is 6.10 Å². The molecule has 1 aromatic carbocycles. The molecule has 0 fully saturated rings. The summed E-state index contributed by atoms with van der Waals surface area (Å²) in [6.07, 6.45) is 1.85. The Hall–Kier alpha value is -2.36. The van der Waals surface area contributed by atoms with Crippen molar-refractivity contribution >= 4 is 11.8 Å². The highest BCUT2D eigenvalue weighted by Crippen LogP contribution is 2.35. The van der Waals surface area contributed by atoms with E-state index >= 15 is 0 Å². The predicted octanol–water partition coefficient (Wildman–Crippen LogP) is 4.19. The van der Waals surface area contributed by atoms with Crippen LogP contribution in [0.2, 0.25) is 0 Å². The van der Waals surface area contributed by atoms with Crippen molar-refractivity contribution < 1.29 is 14.3 Å². The van der Waals surface area contributed by atoms with Crippen LogP contribution in [-0.4, -0.2) is 22.8 Å². The smallest absolute Gasteiger partial charge is 0.355 e. The fourth-order valence-electron chi connectivity index (χ4n) is 3.32. The van der Waals surface area contributed by atoms with Crippen molar-refractivity contribution in [3.8, 4) is 0 Å². The third-order valence-electron chi connectivity index (χ3n) is 4.85. The van der Waals surface area contributed by atoms with Crippen LogP contribution in [0.15, 0.2) is 30.3 Å². The van der Waals surface area contributed by atoms with Gasteiger partial charge < -0.3 is 9.72 Å². The number of aromatic amines is 1. The summed E-state index contributed by atoms with van der Waals surface area (Å²) in [4.78, 5) is 28.1. The third kappa shape index (κ3) is 3.01. The molecule has 1 aliphatic carbocycles. The number of rotatable bonds is 4. The van der Waals surface area contributed by atoms with Crippen LogP contribution in [0.3, 0.4) is 0 Å². The Morgan fingerprint density at radius 1 is 1.29 bits per heavy atom. The van der Waals surface area contributed by atoms with Crippen LogP contribution in [0.25, 0.3) is 0 Å². The number of hydrogen-bond acceptors (Lipinski definition) is 3. The summed E-state index contributed by atoms with van der Waals surface area (Å²) in [7, 11) is 0.